The highest BCUT2D eigenvalue weighted by molar-refractivity contribution is 6.16. The Morgan fingerprint density at radius 1 is 1.13 bits per heavy atom. The minimum Gasteiger partial charge on any atom is -0.462 e. The van der Waals surface area contributed by atoms with Crippen molar-refractivity contribution in [1.82, 2.24) is 9.36 Å². The third-order valence-corrected chi connectivity index (χ3v) is 5.56. The lowest BCUT2D eigenvalue weighted by molar-refractivity contribution is -0.140. The van der Waals surface area contributed by atoms with Crippen molar-refractivity contribution in [3.8, 4) is 0 Å². The molecule has 3 heterocycles. The van der Waals surface area contributed by atoms with Gasteiger partial charge in [0.25, 0.3) is 17.0 Å². The molecular formula is C21H15FN4O5. The predicted octanol–water partition coefficient (Wildman–Crippen LogP) is 0.702. The summed E-state index contributed by atoms with van der Waals surface area (Å²) in [5, 5.41) is 2.65. The molecular weight excluding hydrogens is 407 g/mol. The first-order valence-electron chi connectivity index (χ1n) is 9.40. The average molecular weight is 422 g/mol. The molecule has 0 radical (unpaired) electrons. The van der Waals surface area contributed by atoms with Crippen LogP contribution >= 0.6 is 0 Å². The maximum atomic E-state index is 14.2. The molecule has 3 aromatic rings. The largest absolute Gasteiger partial charge is 0.462 e. The van der Waals surface area contributed by atoms with Crippen molar-refractivity contribution in [1.29, 1.82) is 0 Å². The number of amides is 1. The lowest BCUT2D eigenvalue weighted by Crippen LogP contribution is -2.52. The molecule has 5 rings (SSSR count). The molecule has 1 aromatic heterocycles. The summed E-state index contributed by atoms with van der Waals surface area (Å²) in [7, 11) is 0. The van der Waals surface area contributed by atoms with Crippen LogP contribution in [0.15, 0.2) is 57.6 Å². The van der Waals surface area contributed by atoms with Crippen molar-refractivity contribution in [2.24, 2.45) is 5.73 Å². The molecule has 0 saturated carbocycles. The molecule has 3 N–H and O–H groups in total. The van der Waals surface area contributed by atoms with Gasteiger partial charge in [-0.3, -0.25) is 14.4 Å². The minimum absolute atomic E-state index is 0.0217. The fourth-order valence-electron chi connectivity index (χ4n) is 4.36. The van der Waals surface area contributed by atoms with Crippen molar-refractivity contribution < 1.29 is 18.7 Å². The Labute approximate surface area is 173 Å². The van der Waals surface area contributed by atoms with Crippen molar-refractivity contribution in [2.75, 3.05) is 11.9 Å². The molecule has 1 amide bonds. The van der Waals surface area contributed by atoms with E-state index in [0.29, 0.717) is 0 Å². The summed E-state index contributed by atoms with van der Waals surface area (Å²) < 4.78 is 21.0. The number of carbonyl (C=O) groups excluding carboxylic acids is 2. The first kappa shape index (κ1) is 18.8. The lowest BCUT2D eigenvalue weighted by Gasteiger charge is -2.26. The fraction of sp³-hybridized carbons (Fsp3) is 0.143. The fourth-order valence-corrected chi connectivity index (χ4v) is 4.36. The van der Waals surface area contributed by atoms with E-state index in [1.807, 2.05) is 0 Å². The molecule has 2 aliphatic rings. The second-order valence-electron chi connectivity index (χ2n) is 7.11. The Balaban J connectivity index is 2.03. The van der Waals surface area contributed by atoms with Gasteiger partial charge in [-0.05, 0) is 37.3 Å². The summed E-state index contributed by atoms with van der Waals surface area (Å²) in [4.78, 5) is 53.2. The number of nitrogens with zero attached hydrogens (tertiary/aromatic N) is 2. The molecule has 31 heavy (non-hydrogen) atoms. The van der Waals surface area contributed by atoms with E-state index >= 15 is 0 Å². The molecule has 1 unspecified atom stereocenters. The second-order valence-corrected chi connectivity index (χ2v) is 7.11. The summed E-state index contributed by atoms with van der Waals surface area (Å²) in [6.45, 7) is 1.50. The molecule has 1 spiro atoms. The number of benzene rings is 2. The minimum atomic E-state index is -2.20. The molecule has 0 saturated heterocycles. The molecule has 10 heteroatoms. The van der Waals surface area contributed by atoms with Gasteiger partial charge in [-0.25, -0.2) is 13.9 Å². The van der Waals surface area contributed by atoms with Gasteiger partial charge in [0.15, 0.2) is 0 Å². The zero-order valence-electron chi connectivity index (χ0n) is 16.1. The van der Waals surface area contributed by atoms with Crippen LogP contribution in [-0.2, 0) is 19.9 Å². The van der Waals surface area contributed by atoms with Gasteiger partial charge in [-0.2, -0.15) is 4.68 Å². The highest BCUT2D eigenvalue weighted by Crippen LogP contribution is 2.47. The van der Waals surface area contributed by atoms with Gasteiger partial charge >= 0.3 is 5.97 Å². The number of fused-ring (bicyclic) bond motifs is 5. The van der Waals surface area contributed by atoms with Crippen molar-refractivity contribution >= 4 is 34.2 Å². The molecule has 1 atom stereocenters. The van der Waals surface area contributed by atoms with Crippen LogP contribution in [-0.4, -0.2) is 27.8 Å². The average Bonchev–Trinajstić information content (AvgIpc) is 3.19. The van der Waals surface area contributed by atoms with Crippen LogP contribution < -0.4 is 22.2 Å². The number of hydrogen-bond donors (Lipinski definition) is 2. The SMILES string of the molecule is CCOC(=O)C1=C(N)n2c(=O)c3ccccc3c(=O)n2C12C(=O)Nc1ccc(F)cc12. The van der Waals surface area contributed by atoms with Gasteiger partial charge in [0.1, 0.15) is 17.2 Å². The third kappa shape index (κ3) is 2.13. The quantitative estimate of drug-likeness (QED) is 0.586. The number of halogens is 1. The Bertz CT molecular complexity index is 1490. The maximum Gasteiger partial charge on any atom is 0.341 e. The number of anilines is 1. The molecule has 2 aromatic carbocycles. The lowest BCUT2D eigenvalue weighted by atomic mass is 9.84. The third-order valence-electron chi connectivity index (χ3n) is 5.56. The van der Waals surface area contributed by atoms with E-state index in [9.17, 15) is 23.6 Å². The van der Waals surface area contributed by atoms with E-state index < -0.39 is 45.7 Å². The number of nitrogens with one attached hydrogen (secondary N) is 1. The highest BCUT2D eigenvalue weighted by Gasteiger charge is 2.61. The van der Waals surface area contributed by atoms with Crippen LogP contribution in [0.3, 0.4) is 0 Å². The Morgan fingerprint density at radius 2 is 1.81 bits per heavy atom. The van der Waals surface area contributed by atoms with Gasteiger partial charge in [0.2, 0.25) is 5.54 Å². The summed E-state index contributed by atoms with van der Waals surface area (Å²) >= 11 is 0. The topological polar surface area (TPSA) is 125 Å². The van der Waals surface area contributed by atoms with E-state index in [-0.39, 0.29) is 28.6 Å². The number of esters is 1. The number of aromatic nitrogens is 2. The molecule has 0 aliphatic carbocycles. The highest BCUT2D eigenvalue weighted by atomic mass is 19.1. The zero-order chi connectivity index (χ0) is 22.1. The molecule has 2 aliphatic heterocycles. The first-order valence-corrected chi connectivity index (χ1v) is 9.40. The van der Waals surface area contributed by atoms with Gasteiger partial charge < -0.3 is 15.8 Å². The molecule has 156 valence electrons. The van der Waals surface area contributed by atoms with Crippen molar-refractivity contribution in [3.63, 3.8) is 0 Å². The van der Waals surface area contributed by atoms with Crippen LogP contribution in [0.2, 0.25) is 0 Å². The predicted molar refractivity (Wildman–Crippen MR) is 109 cm³/mol. The van der Waals surface area contributed by atoms with Crippen molar-refractivity contribution in [2.45, 2.75) is 12.5 Å². The smallest absolute Gasteiger partial charge is 0.341 e. The number of rotatable bonds is 2. The molecule has 0 bridgehead atoms. The Kier molecular flexibility index (Phi) is 3.73. The van der Waals surface area contributed by atoms with Crippen LogP contribution in [0.4, 0.5) is 10.1 Å². The maximum absolute atomic E-state index is 14.2. The second kappa shape index (κ2) is 6.14. The first-order chi connectivity index (χ1) is 14.8. The summed E-state index contributed by atoms with van der Waals surface area (Å²) in [5.74, 6) is -2.96. The van der Waals surface area contributed by atoms with E-state index in [4.69, 9.17) is 10.5 Å². The normalized spacial score (nSPS) is 19.0. The number of ether oxygens (including phenoxy) is 1. The van der Waals surface area contributed by atoms with Gasteiger partial charge in [-0.15, -0.1) is 0 Å². The Morgan fingerprint density at radius 3 is 2.48 bits per heavy atom. The van der Waals surface area contributed by atoms with E-state index in [1.54, 1.807) is 19.1 Å². The van der Waals surface area contributed by atoms with E-state index in [2.05, 4.69) is 5.32 Å². The number of carbonyl (C=O) groups is 2. The van der Waals surface area contributed by atoms with Crippen molar-refractivity contribution in [3.05, 3.63) is 80.1 Å². The van der Waals surface area contributed by atoms with E-state index in [1.165, 1.54) is 18.2 Å². The standard InChI is InChI=1S/C21H15FN4O5/c1-2-31-19(29)15-16(23)25-17(27)11-5-3-4-6-12(11)18(28)26(25)21(15)13-9-10(22)7-8-14(13)24-20(21)30/h3-9H,2,23H2,1H3,(H,24,30). The Hall–Kier alpha value is -4.21. The zero-order valence-corrected chi connectivity index (χ0v) is 16.1. The van der Waals surface area contributed by atoms with Gasteiger partial charge in [0.05, 0.1) is 17.4 Å². The van der Waals surface area contributed by atoms with Crippen LogP contribution in [0.1, 0.15) is 12.5 Å². The number of nitrogens with two attached hydrogens (primary N) is 1. The summed E-state index contributed by atoms with van der Waals surface area (Å²) in [6, 6.07) is 9.47. The monoisotopic (exact) mass is 422 g/mol. The number of hydrogen-bond acceptors (Lipinski definition) is 6. The van der Waals surface area contributed by atoms with Crippen LogP contribution in [0.5, 0.6) is 0 Å². The summed E-state index contributed by atoms with van der Waals surface area (Å²) in [6.07, 6.45) is 0. The molecule has 0 fully saturated rings. The molecule has 9 nitrogen and oxygen atoms in total. The summed E-state index contributed by atoms with van der Waals surface area (Å²) in [5.41, 5.74) is 2.29. The van der Waals surface area contributed by atoms with Gasteiger partial charge in [-0.1, -0.05) is 12.1 Å². The van der Waals surface area contributed by atoms with Crippen LogP contribution in [0, 0.1) is 5.82 Å². The van der Waals surface area contributed by atoms with E-state index in [0.717, 1.165) is 21.5 Å². The van der Waals surface area contributed by atoms with Crippen LogP contribution in [0.25, 0.3) is 16.6 Å². The van der Waals surface area contributed by atoms with Gasteiger partial charge in [0, 0.05) is 11.3 Å².